The van der Waals surface area contributed by atoms with Crippen molar-refractivity contribution in [1.29, 1.82) is 0 Å². The van der Waals surface area contributed by atoms with Gasteiger partial charge in [0, 0.05) is 31.3 Å². The third-order valence-electron chi connectivity index (χ3n) is 4.07. The van der Waals surface area contributed by atoms with Crippen LogP contribution in [0.5, 0.6) is 0 Å². The number of morpholine rings is 1. The molecule has 0 bridgehead atoms. The van der Waals surface area contributed by atoms with E-state index in [0.29, 0.717) is 38.0 Å². The fourth-order valence-corrected chi connectivity index (χ4v) is 3.49. The number of carbonyl (C=O) groups excluding carboxylic acids is 1. The number of carbonyl (C=O) groups is 1. The molecule has 9 heteroatoms. The van der Waals surface area contributed by atoms with E-state index in [0.717, 1.165) is 35.1 Å². The van der Waals surface area contributed by atoms with Crippen molar-refractivity contribution >= 4 is 34.5 Å². The zero-order chi connectivity index (χ0) is 18.5. The van der Waals surface area contributed by atoms with Crippen molar-refractivity contribution in [1.82, 2.24) is 25.1 Å². The Morgan fingerprint density at radius 2 is 2.12 bits per heavy atom. The van der Waals surface area contributed by atoms with Gasteiger partial charge < -0.3 is 15.0 Å². The lowest BCUT2D eigenvalue weighted by Gasteiger charge is -2.28. The van der Waals surface area contributed by atoms with Crippen LogP contribution in [-0.4, -0.2) is 63.8 Å². The Kier molecular flexibility index (Phi) is 6.31. The number of hydrogen-bond donors (Lipinski definition) is 1. The zero-order valence-electron chi connectivity index (χ0n) is 15.6. The van der Waals surface area contributed by atoms with E-state index >= 15 is 0 Å². The standard InChI is InChI=1S/C17H26N6O2S/c1-4-14(24)18-5-6-23-16-13(11-19-23)15(22-7-9-25-10-8-22)20-17(21-16)26-12(2)3/h11-12H,4-10H2,1-3H3,(H,18,24). The molecule has 1 saturated heterocycles. The molecule has 1 amide bonds. The number of rotatable bonds is 7. The van der Waals surface area contributed by atoms with Crippen molar-refractivity contribution in [2.75, 3.05) is 37.7 Å². The molecule has 0 spiro atoms. The summed E-state index contributed by atoms with van der Waals surface area (Å²) < 4.78 is 7.32. The monoisotopic (exact) mass is 378 g/mol. The van der Waals surface area contributed by atoms with Crippen molar-refractivity contribution in [3.8, 4) is 0 Å². The Hall–Kier alpha value is -1.87. The molecule has 1 aliphatic heterocycles. The molecule has 0 aliphatic carbocycles. The molecule has 0 unspecified atom stereocenters. The zero-order valence-corrected chi connectivity index (χ0v) is 16.4. The van der Waals surface area contributed by atoms with Crippen molar-refractivity contribution in [3.05, 3.63) is 6.20 Å². The summed E-state index contributed by atoms with van der Waals surface area (Å²) in [6.07, 6.45) is 2.31. The smallest absolute Gasteiger partial charge is 0.219 e. The third kappa shape index (κ3) is 4.45. The van der Waals surface area contributed by atoms with Crippen LogP contribution in [0.1, 0.15) is 27.2 Å². The number of thioether (sulfide) groups is 1. The van der Waals surface area contributed by atoms with Crippen LogP contribution in [0.25, 0.3) is 11.0 Å². The summed E-state index contributed by atoms with van der Waals surface area (Å²) in [6, 6.07) is 0. The minimum atomic E-state index is 0.0427. The summed E-state index contributed by atoms with van der Waals surface area (Å²) in [4.78, 5) is 23.2. The highest BCUT2D eigenvalue weighted by atomic mass is 32.2. The number of aromatic nitrogens is 4. The van der Waals surface area contributed by atoms with Crippen LogP contribution >= 0.6 is 11.8 Å². The predicted molar refractivity (Wildman–Crippen MR) is 103 cm³/mol. The lowest BCUT2D eigenvalue weighted by atomic mass is 10.3. The van der Waals surface area contributed by atoms with Gasteiger partial charge in [0.15, 0.2) is 10.8 Å². The summed E-state index contributed by atoms with van der Waals surface area (Å²) >= 11 is 1.64. The van der Waals surface area contributed by atoms with E-state index in [1.165, 1.54) is 0 Å². The molecule has 26 heavy (non-hydrogen) atoms. The summed E-state index contributed by atoms with van der Waals surface area (Å²) in [5, 5.41) is 9.47. The van der Waals surface area contributed by atoms with Crippen LogP contribution in [0.2, 0.25) is 0 Å². The highest BCUT2D eigenvalue weighted by Crippen LogP contribution is 2.29. The van der Waals surface area contributed by atoms with Crippen molar-refractivity contribution < 1.29 is 9.53 Å². The summed E-state index contributed by atoms with van der Waals surface area (Å²) in [7, 11) is 0. The van der Waals surface area contributed by atoms with Gasteiger partial charge in [0.25, 0.3) is 0 Å². The molecule has 2 aromatic heterocycles. The number of anilines is 1. The molecule has 3 rings (SSSR count). The van der Waals surface area contributed by atoms with Gasteiger partial charge in [-0.2, -0.15) is 5.10 Å². The van der Waals surface area contributed by atoms with Crippen molar-refractivity contribution in [2.45, 2.75) is 44.1 Å². The molecule has 142 valence electrons. The van der Waals surface area contributed by atoms with Crippen LogP contribution in [0.15, 0.2) is 11.4 Å². The maximum Gasteiger partial charge on any atom is 0.219 e. The van der Waals surface area contributed by atoms with Gasteiger partial charge in [0.2, 0.25) is 5.91 Å². The number of ether oxygens (including phenoxy) is 1. The Morgan fingerprint density at radius 3 is 2.81 bits per heavy atom. The molecule has 0 aromatic carbocycles. The largest absolute Gasteiger partial charge is 0.378 e. The van der Waals surface area contributed by atoms with Gasteiger partial charge in [0.05, 0.1) is 31.3 Å². The van der Waals surface area contributed by atoms with E-state index in [-0.39, 0.29) is 5.91 Å². The topological polar surface area (TPSA) is 85.2 Å². The van der Waals surface area contributed by atoms with Crippen LogP contribution in [0, 0.1) is 0 Å². The van der Waals surface area contributed by atoms with Crippen molar-refractivity contribution in [2.24, 2.45) is 0 Å². The normalized spacial score (nSPS) is 15.0. The summed E-state index contributed by atoms with van der Waals surface area (Å²) in [5.74, 6) is 0.964. The molecule has 1 N–H and O–H groups in total. The first-order valence-electron chi connectivity index (χ1n) is 9.08. The van der Waals surface area contributed by atoms with E-state index in [4.69, 9.17) is 14.7 Å². The van der Waals surface area contributed by atoms with E-state index in [1.807, 2.05) is 17.8 Å². The van der Waals surface area contributed by atoms with Gasteiger partial charge in [-0.3, -0.25) is 4.79 Å². The first kappa shape index (κ1) is 18.9. The van der Waals surface area contributed by atoms with Gasteiger partial charge >= 0.3 is 0 Å². The Labute approximate surface area is 157 Å². The Bertz CT molecular complexity index is 757. The molecule has 8 nitrogen and oxygen atoms in total. The predicted octanol–water partition coefficient (Wildman–Crippen LogP) is 1.69. The molecular weight excluding hydrogens is 352 g/mol. The quantitative estimate of drug-likeness (QED) is 0.580. The lowest BCUT2D eigenvalue weighted by Crippen LogP contribution is -2.37. The fourth-order valence-electron chi connectivity index (χ4n) is 2.79. The SMILES string of the molecule is CCC(=O)NCCn1ncc2c(N3CCOCC3)nc(SC(C)C)nc21. The van der Waals surface area contributed by atoms with Gasteiger partial charge in [-0.15, -0.1) is 0 Å². The van der Waals surface area contributed by atoms with E-state index in [1.54, 1.807) is 11.8 Å². The molecule has 2 aromatic rings. The number of nitrogens with one attached hydrogen (secondary N) is 1. The maximum atomic E-state index is 11.5. The average molecular weight is 379 g/mol. The highest BCUT2D eigenvalue weighted by Gasteiger charge is 2.20. The second-order valence-corrected chi connectivity index (χ2v) is 7.95. The van der Waals surface area contributed by atoms with Crippen LogP contribution in [-0.2, 0) is 16.1 Å². The van der Waals surface area contributed by atoms with Gasteiger partial charge in [-0.1, -0.05) is 32.5 Å². The number of hydrogen-bond acceptors (Lipinski definition) is 7. The molecule has 0 atom stereocenters. The van der Waals surface area contributed by atoms with Crippen LogP contribution < -0.4 is 10.2 Å². The molecule has 3 heterocycles. The summed E-state index contributed by atoms with van der Waals surface area (Å²) in [6.45, 7) is 10.3. The third-order valence-corrected chi connectivity index (χ3v) is 4.94. The van der Waals surface area contributed by atoms with Crippen LogP contribution in [0.3, 0.4) is 0 Å². The molecule has 1 fully saturated rings. The number of nitrogens with zero attached hydrogens (tertiary/aromatic N) is 5. The van der Waals surface area contributed by atoms with Crippen LogP contribution in [0.4, 0.5) is 5.82 Å². The minimum absolute atomic E-state index is 0.0427. The fraction of sp³-hybridized carbons (Fsp3) is 0.647. The van der Waals surface area contributed by atoms with E-state index in [9.17, 15) is 4.79 Å². The second kappa shape index (κ2) is 8.68. The Balaban J connectivity index is 1.91. The highest BCUT2D eigenvalue weighted by molar-refractivity contribution is 7.99. The average Bonchev–Trinajstić information content (AvgIpc) is 3.04. The van der Waals surface area contributed by atoms with Gasteiger partial charge in [-0.05, 0) is 0 Å². The minimum Gasteiger partial charge on any atom is -0.378 e. The van der Waals surface area contributed by atoms with E-state index < -0.39 is 0 Å². The first-order chi connectivity index (χ1) is 12.6. The van der Waals surface area contributed by atoms with E-state index in [2.05, 4.69) is 29.2 Å². The first-order valence-corrected chi connectivity index (χ1v) is 9.96. The molecule has 0 radical (unpaired) electrons. The number of fused-ring (bicyclic) bond motifs is 1. The lowest BCUT2D eigenvalue weighted by molar-refractivity contribution is -0.120. The molecular formula is C17H26N6O2S. The van der Waals surface area contributed by atoms with Crippen molar-refractivity contribution in [3.63, 3.8) is 0 Å². The molecule has 0 saturated carbocycles. The maximum absolute atomic E-state index is 11.5. The Morgan fingerprint density at radius 1 is 1.35 bits per heavy atom. The molecule has 1 aliphatic rings. The second-order valence-electron chi connectivity index (χ2n) is 6.40. The van der Waals surface area contributed by atoms with Gasteiger partial charge in [-0.25, -0.2) is 14.6 Å². The summed E-state index contributed by atoms with van der Waals surface area (Å²) in [5.41, 5.74) is 0.815. The van der Waals surface area contributed by atoms with Gasteiger partial charge in [0.1, 0.15) is 5.82 Å². The number of amides is 1.